The highest BCUT2D eigenvalue weighted by Gasteiger charge is 2.10. The van der Waals surface area contributed by atoms with Gasteiger partial charge in [-0.15, -0.1) is 0 Å². The zero-order valence-corrected chi connectivity index (χ0v) is 10.3. The monoisotopic (exact) mass is 242 g/mol. The van der Waals surface area contributed by atoms with Crippen molar-refractivity contribution in [3.05, 3.63) is 35.9 Å². The Balaban J connectivity index is 2.10. The predicted molar refractivity (Wildman–Crippen MR) is 69.0 cm³/mol. The molecule has 2 N–H and O–H groups in total. The van der Waals surface area contributed by atoms with Crippen molar-refractivity contribution in [1.29, 1.82) is 0 Å². The first-order valence-corrected chi connectivity index (χ1v) is 5.70. The Kier molecular flexibility index (Phi) is 2.29. The number of nitrogen functional groups attached to an aromatic ring is 1. The van der Waals surface area contributed by atoms with Crippen LogP contribution in [0.3, 0.4) is 0 Å². The molecule has 0 saturated carbocycles. The molecule has 0 aliphatic heterocycles. The lowest BCUT2D eigenvalue weighted by molar-refractivity contribution is 0.715. The number of fused-ring (bicyclic) bond motifs is 1. The highest BCUT2D eigenvalue weighted by Crippen LogP contribution is 2.19. The standard InChI is InChI=1S/C12H14N6/c1-8-3-4-9-10(5-8)18(12(13)15-9)6-11-14-7-17(2)16-11/h3-5,7H,6H2,1-2H3,(H2,13,15). The summed E-state index contributed by atoms with van der Waals surface area (Å²) in [6, 6.07) is 6.07. The Morgan fingerprint density at radius 1 is 1.33 bits per heavy atom. The molecule has 6 nitrogen and oxygen atoms in total. The quantitative estimate of drug-likeness (QED) is 0.730. The predicted octanol–water partition coefficient (Wildman–Crippen LogP) is 1.10. The highest BCUT2D eigenvalue weighted by molar-refractivity contribution is 5.79. The van der Waals surface area contributed by atoms with Crippen molar-refractivity contribution in [2.45, 2.75) is 13.5 Å². The van der Waals surface area contributed by atoms with Crippen LogP contribution < -0.4 is 5.73 Å². The molecule has 3 aromatic rings. The fourth-order valence-corrected chi connectivity index (χ4v) is 2.02. The van der Waals surface area contributed by atoms with Crippen molar-refractivity contribution in [2.24, 2.45) is 7.05 Å². The van der Waals surface area contributed by atoms with E-state index in [9.17, 15) is 0 Å². The fourth-order valence-electron chi connectivity index (χ4n) is 2.02. The molecule has 3 rings (SSSR count). The summed E-state index contributed by atoms with van der Waals surface area (Å²) in [5.41, 5.74) is 9.04. The summed E-state index contributed by atoms with van der Waals surface area (Å²) in [4.78, 5) is 8.54. The first-order valence-electron chi connectivity index (χ1n) is 5.70. The summed E-state index contributed by atoms with van der Waals surface area (Å²) in [5, 5.41) is 4.26. The van der Waals surface area contributed by atoms with Crippen molar-refractivity contribution < 1.29 is 0 Å². The van der Waals surface area contributed by atoms with Gasteiger partial charge in [-0.2, -0.15) is 5.10 Å². The van der Waals surface area contributed by atoms with Gasteiger partial charge in [-0.05, 0) is 24.6 Å². The maximum atomic E-state index is 5.95. The number of anilines is 1. The van der Waals surface area contributed by atoms with Crippen LogP contribution in [0.4, 0.5) is 5.95 Å². The van der Waals surface area contributed by atoms with E-state index in [2.05, 4.69) is 21.1 Å². The van der Waals surface area contributed by atoms with Crippen LogP contribution in [0.2, 0.25) is 0 Å². The zero-order chi connectivity index (χ0) is 12.7. The third kappa shape index (κ3) is 1.71. The van der Waals surface area contributed by atoms with Gasteiger partial charge >= 0.3 is 0 Å². The molecule has 18 heavy (non-hydrogen) atoms. The minimum atomic E-state index is 0.489. The third-order valence-corrected chi connectivity index (χ3v) is 2.88. The SMILES string of the molecule is Cc1ccc2nc(N)n(Cc3ncn(C)n3)c2c1. The van der Waals surface area contributed by atoms with E-state index >= 15 is 0 Å². The molecule has 2 heterocycles. The first kappa shape index (κ1) is 10.8. The van der Waals surface area contributed by atoms with Crippen LogP contribution in [-0.4, -0.2) is 24.3 Å². The molecule has 2 aromatic heterocycles. The summed E-state index contributed by atoms with van der Waals surface area (Å²) in [5.74, 6) is 1.22. The summed E-state index contributed by atoms with van der Waals surface area (Å²) in [6.45, 7) is 2.58. The van der Waals surface area contributed by atoms with Gasteiger partial charge in [-0.3, -0.25) is 4.68 Å². The van der Waals surface area contributed by atoms with Crippen molar-refractivity contribution in [2.75, 3.05) is 5.73 Å². The van der Waals surface area contributed by atoms with E-state index in [0.29, 0.717) is 12.5 Å². The Morgan fingerprint density at radius 3 is 2.89 bits per heavy atom. The largest absolute Gasteiger partial charge is 0.369 e. The lowest BCUT2D eigenvalue weighted by Crippen LogP contribution is -2.06. The number of benzene rings is 1. The Labute approximate surface area is 104 Å². The molecule has 0 aliphatic carbocycles. The van der Waals surface area contributed by atoms with E-state index < -0.39 is 0 Å². The van der Waals surface area contributed by atoms with Crippen molar-refractivity contribution in [1.82, 2.24) is 24.3 Å². The van der Waals surface area contributed by atoms with E-state index in [1.54, 1.807) is 11.0 Å². The summed E-state index contributed by atoms with van der Waals surface area (Å²) < 4.78 is 3.60. The number of nitrogens with zero attached hydrogens (tertiary/aromatic N) is 5. The highest BCUT2D eigenvalue weighted by atomic mass is 15.3. The molecule has 0 unspecified atom stereocenters. The molecule has 1 aromatic carbocycles. The van der Waals surface area contributed by atoms with Crippen LogP contribution in [0.1, 0.15) is 11.4 Å². The number of aryl methyl sites for hydroxylation is 2. The van der Waals surface area contributed by atoms with Crippen LogP contribution in [0, 0.1) is 6.92 Å². The van der Waals surface area contributed by atoms with Crippen LogP contribution in [0.5, 0.6) is 0 Å². The number of rotatable bonds is 2. The van der Waals surface area contributed by atoms with E-state index in [4.69, 9.17) is 5.73 Å². The van der Waals surface area contributed by atoms with Crippen molar-refractivity contribution in [3.8, 4) is 0 Å². The number of hydrogen-bond donors (Lipinski definition) is 1. The van der Waals surface area contributed by atoms with Gasteiger partial charge in [0.25, 0.3) is 0 Å². The molecule has 0 atom stereocenters. The van der Waals surface area contributed by atoms with Gasteiger partial charge < -0.3 is 10.3 Å². The summed E-state index contributed by atoms with van der Waals surface area (Å²) in [6.07, 6.45) is 1.68. The van der Waals surface area contributed by atoms with Gasteiger partial charge in [-0.1, -0.05) is 6.07 Å². The fraction of sp³-hybridized carbons (Fsp3) is 0.250. The first-order chi connectivity index (χ1) is 8.63. The number of imidazole rings is 1. The van der Waals surface area contributed by atoms with E-state index in [1.165, 1.54) is 5.56 Å². The zero-order valence-electron chi connectivity index (χ0n) is 10.3. The molecule has 6 heteroatoms. The Morgan fingerprint density at radius 2 is 2.17 bits per heavy atom. The number of aromatic nitrogens is 5. The van der Waals surface area contributed by atoms with Crippen LogP contribution >= 0.6 is 0 Å². The van der Waals surface area contributed by atoms with Gasteiger partial charge in [0.05, 0.1) is 17.6 Å². The molecule has 0 amide bonds. The molecule has 0 bridgehead atoms. The van der Waals surface area contributed by atoms with Gasteiger partial charge in [-0.25, -0.2) is 9.97 Å². The second-order valence-electron chi connectivity index (χ2n) is 4.38. The van der Waals surface area contributed by atoms with Gasteiger partial charge in [0.1, 0.15) is 6.33 Å². The minimum absolute atomic E-state index is 0.489. The molecule has 0 aliphatic rings. The topological polar surface area (TPSA) is 74.5 Å². The maximum Gasteiger partial charge on any atom is 0.201 e. The molecule has 92 valence electrons. The molecule has 0 fully saturated rings. The molecule has 0 spiro atoms. The second-order valence-corrected chi connectivity index (χ2v) is 4.38. The van der Waals surface area contributed by atoms with Crippen molar-refractivity contribution >= 4 is 17.0 Å². The Bertz CT molecular complexity index is 709. The van der Waals surface area contributed by atoms with Gasteiger partial charge in [0, 0.05) is 7.05 Å². The van der Waals surface area contributed by atoms with Gasteiger partial charge in [0.2, 0.25) is 5.95 Å². The normalized spacial score (nSPS) is 11.2. The third-order valence-electron chi connectivity index (χ3n) is 2.88. The van der Waals surface area contributed by atoms with E-state index in [-0.39, 0.29) is 0 Å². The molecular formula is C12H14N6. The number of hydrogen-bond acceptors (Lipinski definition) is 4. The van der Waals surface area contributed by atoms with E-state index in [1.807, 2.05) is 30.7 Å². The number of nitrogens with two attached hydrogens (primary N) is 1. The van der Waals surface area contributed by atoms with Crippen LogP contribution in [0.25, 0.3) is 11.0 Å². The molecular weight excluding hydrogens is 228 g/mol. The van der Waals surface area contributed by atoms with Crippen molar-refractivity contribution in [3.63, 3.8) is 0 Å². The smallest absolute Gasteiger partial charge is 0.201 e. The lowest BCUT2D eigenvalue weighted by atomic mass is 10.2. The average molecular weight is 242 g/mol. The molecule has 0 radical (unpaired) electrons. The Hall–Kier alpha value is -2.37. The summed E-state index contributed by atoms with van der Waals surface area (Å²) >= 11 is 0. The minimum Gasteiger partial charge on any atom is -0.369 e. The van der Waals surface area contributed by atoms with Crippen LogP contribution in [-0.2, 0) is 13.6 Å². The lowest BCUT2D eigenvalue weighted by Gasteiger charge is -2.03. The maximum absolute atomic E-state index is 5.95. The average Bonchev–Trinajstić information content (AvgIpc) is 2.86. The second kappa shape index (κ2) is 3.83. The summed E-state index contributed by atoms with van der Waals surface area (Å²) in [7, 11) is 1.84. The van der Waals surface area contributed by atoms with Crippen LogP contribution in [0.15, 0.2) is 24.5 Å². The van der Waals surface area contributed by atoms with E-state index in [0.717, 1.165) is 16.9 Å². The molecule has 0 saturated heterocycles. The van der Waals surface area contributed by atoms with Gasteiger partial charge in [0.15, 0.2) is 5.82 Å².